The Morgan fingerprint density at radius 2 is 1.88 bits per heavy atom. The Balaban J connectivity index is 3.16. The first-order chi connectivity index (χ1) is 7.88. The van der Waals surface area contributed by atoms with Crippen molar-refractivity contribution in [1.29, 1.82) is 0 Å². The van der Waals surface area contributed by atoms with Gasteiger partial charge in [-0.3, -0.25) is 4.90 Å². The van der Waals surface area contributed by atoms with Gasteiger partial charge in [0.25, 0.3) is 0 Å². The summed E-state index contributed by atoms with van der Waals surface area (Å²) in [6, 6.07) is 4.64. The normalized spacial score (nSPS) is 12.1. The Morgan fingerprint density at radius 1 is 1.29 bits per heavy atom. The molecule has 0 saturated heterocycles. The van der Waals surface area contributed by atoms with E-state index in [0.717, 1.165) is 13.1 Å². The number of nitrogens with two attached hydrogens (primary N) is 1. The lowest BCUT2D eigenvalue weighted by Gasteiger charge is -2.19. The number of halogens is 1. The zero-order valence-electron chi connectivity index (χ0n) is 9.98. The first-order valence-corrected chi connectivity index (χ1v) is 7.34. The highest BCUT2D eigenvalue weighted by molar-refractivity contribution is 7.89. The molecular formula is C11H17ClN2O2S. The van der Waals surface area contributed by atoms with Gasteiger partial charge < -0.3 is 0 Å². The smallest absolute Gasteiger partial charge is 0.238 e. The number of benzene rings is 1. The van der Waals surface area contributed by atoms with Gasteiger partial charge in [-0.2, -0.15) is 0 Å². The minimum Gasteiger partial charge on any atom is -0.300 e. The third-order valence-corrected chi connectivity index (χ3v) is 3.86. The lowest BCUT2D eigenvalue weighted by atomic mass is 10.2. The highest BCUT2D eigenvalue weighted by Gasteiger charge is 2.15. The molecule has 2 N–H and O–H groups in total. The summed E-state index contributed by atoms with van der Waals surface area (Å²) in [6.45, 7) is 6.24. The largest absolute Gasteiger partial charge is 0.300 e. The fraction of sp³-hybridized carbons (Fsp3) is 0.455. The maximum atomic E-state index is 11.4. The van der Waals surface area contributed by atoms with Crippen LogP contribution in [0.25, 0.3) is 0 Å². The molecule has 0 unspecified atom stereocenters. The van der Waals surface area contributed by atoms with Crippen molar-refractivity contribution >= 4 is 21.6 Å². The van der Waals surface area contributed by atoms with Gasteiger partial charge in [0.05, 0.1) is 4.90 Å². The Kier molecular flexibility index (Phi) is 4.94. The summed E-state index contributed by atoms with van der Waals surface area (Å²) in [7, 11) is -3.70. The Morgan fingerprint density at radius 3 is 2.35 bits per heavy atom. The van der Waals surface area contributed by atoms with Gasteiger partial charge in [-0.25, -0.2) is 13.6 Å². The minimum absolute atomic E-state index is 0.147. The van der Waals surface area contributed by atoms with E-state index in [1.807, 2.05) is 13.8 Å². The molecule has 0 radical (unpaired) electrons. The molecule has 4 nitrogen and oxygen atoms in total. The summed E-state index contributed by atoms with van der Waals surface area (Å²) in [5.41, 5.74) is 0.642. The van der Waals surface area contributed by atoms with Gasteiger partial charge in [-0.05, 0) is 36.9 Å². The van der Waals surface area contributed by atoms with Crippen LogP contribution in [-0.2, 0) is 16.6 Å². The van der Waals surface area contributed by atoms with Gasteiger partial charge in [0.1, 0.15) is 0 Å². The molecule has 1 aromatic rings. The molecular weight excluding hydrogens is 260 g/mol. The first-order valence-electron chi connectivity index (χ1n) is 5.42. The van der Waals surface area contributed by atoms with Crippen molar-refractivity contribution < 1.29 is 8.42 Å². The maximum Gasteiger partial charge on any atom is 0.238 e. The maximum absolute atomic E-state index is 11.4. The van der Waals surface area contributed by atoms with Crippen LogP contribution in [0, 0.1) is 0 Å². The molecule has 0 aliphatic rings. The molecule has 0 saturated carbocycles. The van der Waals surface area contributed by atoms with Crippen molar-refractivity contribution in [3.05, 3.63) is 28.8 Å². The Labute approximate surface area is 107 Å². The van der Waals surface area contributed by atoms with Crippen LogP contribution in [0.4, 0.5) is 0 Å². The van der Waals surface area contributed by atoms with Crippen LogP contribution in [0.1, 0.15) is 19.4 Å². The van der Waals surface area contributed by atoms with E-state index in [1.54, 1.807) is 6.07 Å². The number of nitrogens with zero attached hydrogens (tertiary/aromatic N) is 1. The molecule has 0 fully saturated rings. The van der Waals surface area contributed by atoms with Crippen LogP contribution >= 0.6 is 11.6 Å². The zero-order valence-corrected chi connectivity index (χ0v) is 11.6. The lowest BCUT2D eigenvalue weighted by molar-refractivity contribution is 0.293. The summed E-state index contributed by atoms with van der Waals surface area (Å²) in [4.78, 5) is 2.24. The van der Waals surface area contributed by atoms with Crippen LogP contribution in [0.2, 0.25) is 5.02 Å². The van der Waals surface area contributed by atoms with Gasteiger partial charge in [-0.15, -0.1) is 0 Å². The van der Waals surface area contributed by atoms with E-state index in [-0.39, 0.29) is 4.90 Å². The van der Waals surface area contributed by atoms with E-state index in [4.69, 9.17) is 16.7 Å². The lowest BCUT2D eigenvalue weighted by Crippen LogP contribution is -2.24. The molecule has 0 spiro atoms. The van der Waals surface area contributed by atoms with Crippen molar-refractivity contribution in [2.75, 3.05) is 13.1 Å². The number of rotatable bonds is 5. The highest BCUT2D eigenvalue weighted by Crippen LogP contribution is 2.21. The molecule has 0 bridgehead atoms. The van der Waals surface area contributed by atoms with Crippen LogP contribution in [0.3, 0.4) is 0 Å². The molecule has 96 valence electrons. The number of sulfonamides is 1. The second-order valence-electron chi connectivity index (χ2n) is 3.76. The molecule has 17 heavy (non-hydrogen) atoms. The van der Waals surface area contributed by atoms with Gasteiger partial charge in [0, 0.05) is 11.6 Å². The SMILES string of the molecule is CCN(CC)Cc1cc(Cl)ccc1S(N)(=O)=O. The van der Waals surface area contributed by atoms with Crippen LogP contribution in [0.15, 0.2) is 23.1 Å². The highest BCUT2D eigenvalue weighted by atomic mass is 35.5. The average Bonchev–Trinajstić information content (AvgIpc) is 2.24. The van der Waals surface area contributed by atoms with E-state index in [2.05, 4.69) is 4.90 Å². The quantitative estimate of drug-likeness (QED) is 0.892. The monoisotopic (exact) mass is 276 g/mol. The summed E-state index contributed by atoms with van der Waals surface area (Å²) in [5.74, 6) is 0. The topological polar surface area (TPSA) is 63.4 Å². The molecule has 1 rings (SSSR count). The molecule has 0 atom stereocenters. The zero-order chi connectivity index (χ0) is 13.1. The summed E-state index contributed by atoms with van der Waals surface area (Å²) >= 11 is 5.88. The Hall–Kier alpha value is -0.620. The third kappa shape index (κ3) is 3.96. The van der Waals surface area contributed by atoms with Gasteiger partial charge in [0.15, 0.2) is 0 Å². The summed E-state index contributed by atoms with van der Waals surface area (Å²) in [6.07, 6.45) is 0. The number of hydrogen-bond acceptors (Lipinski definition) is 3. The number of primary sulfonamides is 1. The molecule has 0 amide bonds. The molecule has 0 aromatic heterocycles. The van der Waals surface area contributed by atoms with E-state index < -0.39 is 10.0 Å². The second kappa shape index (κ2) is 5.82. The predicted octanol–water partition coefficient (Wildman–Crippen LogP) is 1.83. The van der Waals surface area contributed by atoms with Crippen molar-refractivity contribution in [2.45, 2.75) is 25.3 Å². The van der Waals surface area contributed by atoms with Crippen molar-refractivity contribution in [3.8, 4) is 0 Å². The standard InChI is InChI=1S/C11H17ClN2O2S/c1-3-14(4-2)8-9-7-10(12)5-6-11(9)17(13,15)16/h5-7H,3-4,8H2,1-2H3,(H2,13,15,16). The second-order valence-corrected chi connectivity index (χ2v) is 5.72. The fourth-order valence-electron chi connectivity index (χ4n) is 1.64. The number of hydrogen-bond donors (Lipinski definition) is 1. The minimum atomic E-state index is -3.70. The third-order valence-electron chi connectivity index (χ3n) is 2.62. The molecule has 6 heteroatoms. The van der Waals surface area contributed by atoms with E-state index in [1.165, 1.54) is 12.1 Å². The van der Waals surface area contributed by atoms with Crippen LogP contribution in [-0.4, -0.2) is 26.4 Å². The summed E-state index contributed by atoms with van der Waals surface area (Å²) < 4.78 is 22.9. The molecule has 0 aliphatic heterocycles. The van der Waals surface area contributed by atoms with E-state index in [0.29, 0.717) is 17.1 Å². The van der Waals surface area contributed by atoms with Gasteiger partial charge >= 0.3 is 0 Å². The van der Waals surface area contributed by atoms with Crippen molar-refractivity contribution in [1.82, 2.24) is 4.90 Å². The Bertz CT molecular complexity index is 484. The molecule has 1 aromatic carbocycles. The van der Waals surface area contributed by atoms with E-state index in [9.17, 15) is 8.42 Å². The van der Waals surface area contributed by atoms with Gasteiger partial charge in [0.2, 0.25) is 10.0 Å². The molecule has 0 heterocycles. The van der Waals surface area contributed by atoms with Crippen LogP contribution < -0.4 is 5.14 Å². The summed E-state index contributed by atoms with van der Waals surface area (Å²) in [5, 5.41) is 5.69. The van der Waals surface area contributed by atoms with Gasteiger partial charge in [-0.1, -0.05) is 25.4 Å². The van der Waals surface area contributed by atoms with Crippen molar-refractivity contribution in [2.24, 2.45) is 5.14 Å². The van der Waals surface area contributed by atoms with Crippen molar-refractivity contribution in [3.63, 3.8) is 0 Å². The predicted molar refractivity (Wildman–Crippen MR) is 69.5 cm³/mol. The fourth-order valence-corrected chi connectivity index (χ4v) is 2.58. The van der Waals surface area contributed by atoms with E-state index >= 15 is 0 Å². The van der Waals surface area contributed by atoms with Crippen LogP contribution in [0.5, 0.6) is 0 Å². The molecule has 0 aliphatic carbocycles. The average molecular weight is 277 g/mol. The first kappa shape index (κ1) is 14.4.